The molecule has 0 bridgehead atoms. The Kier molecular flexibility index (Phi) is 4.27. The molecule has 0 fully saturated rings. The summed E-state index contributed by atoms with van der Waals surface area (Å²) in [5.74, 6) is -1.04. The van der Waals surface area contributed by atoms with Crippen molar-refractivity contribution < 1.29 is 9.18 Å². The van der Waals surface area contributed by atoms with Crippen molar-refractivity contribution in [3.8, 4) is 0 Å². The molecule has 4 nitrogen and oxygen atoms in total. The summed E-state index contributed by atoms with van der Waals surface area (Å²) in [6.07, 6.45) is 1.53. The highest BCUT2D eigenvalue weighted by molar-refractivity contribution is 9.10. The minimum atomic E-state index is -0.638. The van der Waals surface area contributed by atoms with Gasteiger partial charge in [-0.3, -0.25) is 9.59 Å². The standard InChI is InChI=1S/C15H14BrFN2O2/c1-8-11(5-9-3-4-10(16)6-13(9)17)12(14(18)20)7-19(2)15(8)21/h3-4,6-7H,5H2,1-2H3,(H2,18,20). The number of carbonyl (C=O) groups is 1. The van der Waals surface area contributed by atoms with Crippen LogP contribution in [0.15, 0.2) is 33.7 Å². The molecule has 110 valence electrons. The largest absolute Gasteiger partial charge is 0.366 e. The molecule has 0 unspecified atom stereocenters. The summed E-state index contributed by atoms with van der Waals surface area (Å²) in [5.41, 5.74) is 6.63. The Balaban J connectivity index is 2.60. The first-order valence-corrected chi connectivity index (χ1v) is 7.03. The van der Waals surface area contributed by atoms with Gasteiger partial charge in [0, 0.05) is 29.7 Å². The van der Waals surface area contributed by atoms with Crippen LogP contribution in [0.3, 0.4) is 0 Å². The average Bonchev–Trinajstić information content (AvgIpc) is 2.41. The zero-order chi connectivity index (χ0) is 15.7. The predicted octanol–water partition coefficient (Wildman–Crippen LogP) is 2.29. The molecular formula is C15H14BrFN2O2. The number of pyridine rings is 1. The van der Waals surface area contributed by atoms with Crippen LogP contribution in [0.25, 0.3) is 0 Å². The highest BCUT2D eigenvalue weighted by Gasteiger charge is 2.17. The Morgan fingerprint density at radius 3 is 2.67 bits per heavy atom. The van der Waals surface area contributed by atoms with Gasteiger partial charge in [0.05, 0.1) is 5.56 Å². The van der Waals surface area contributed by atoms with Gasteiger partial charge in [-0.15, -0.1) is 0 Å². The molecule has 0 aliphatic heterocycles. The number of halogens is 2. The summed E-state index contributed by atoms with van der Waals surface area (Å²) in [6.45, 7) is 1.61. The molecule has 0 aliphatic rings. The van der Waals surface area contributed by atoms with Crippen molar-refractivity contribution in [2.45, 2.75) is 13.3 Å². The molecule has 2 aromatic rings. The van der Waals surface area contributed by atoms with Crippen molar-refractivity contribution in [3.05, 3.63) is 67.3 Å². The number of carbonyl (C=O) groups excluding carboxylic acids is 1. The number of nitrogens with two attached hydrogens (primary N) is 1. The van der Waals surface area contributed by atoms with Gasteiger partial charge in [0.25, 0.3) is 5.56 Å². The number of nitrogens with zero attached hydrogens (tertiary/aromatic N) is 1. The molecule has 1 amide bonds. The number of hydrogen-bond donors (Lipinski definition) is 1. The Labute approximate surface area is 129 Å². The lowest BCUT2D eigenvalue weighted by Gasteiger charge is -2.13. The Morgan fingerprint density at radius 1 is 1.43 bits per heavy atom. The molecule has 6 heteroatoms. The van der Waals surface area contributed by atoms with E-state index in [0.717, 1.165) is 0 Å². The molecule has 2 rings (SSSR count). The fraction of sp³-hybridized carbons (Fsp3) is 0.200. The normalized spacial score (nSPS) is 10.7. The second-order valence-corrected chi connectivity index (χ2v) is 5.75. The maximum atomic E-state index is 14.0. The molecule has 0 radical (unpaired) electrons. The Morgan fingerprint density at radius 2 is 2.10 bits per heavy atom. The first-order chi connectivity index (χ1) is 9.81. The van der Waals surface area contributed by atoms with E-state index in [4.69, 9.17) is 5.73 Å². The molecule has 1 heterocycles. The first-order valence-electron chi connectivity index (χ1n) is 6.24. The molecule has 21 heavy (non-hydrogen) atoms. The van der Waals surface area contributed by atoms with Crippen molar-refractivity contribution in [2.24, 2.45) is 12.8 Å². The van der Waals surface area contributed by atoms with E-state index < -0.39 is 11.7 Å². The van der Waals surface area contributed by atoms with E-state index in [-0.39, 0.29) is 17.5 Å². The molecular weight excluding hydrogens is 339 g/mol. The quantitative estimate of drug-likeness (QED) is 0.920. The summed E-state index contributed by atoms with van der Waals surface area (Å²) in [4.78, 5) is 23.6. The topological polar surface area (TPSA) is 65.1 Å². The highest BCUT2D eigenvalue weighted by Crippen LogP contribution is 2.21. The number of primary amides is 1. The number of hydrogen-bond acceptors (Lipinski definition) is 2. The van der Waals surface area contributed by atoms with E-state index in [2.05, 4.69) is 15.9 Å². The Bertz CT molecular complexity index is 784. The van der Waals surface area contributed by atoms with Crippen LogP contribution >= 0.6 is 15.9 Å². The van der Waals surface area contributed by atoms with E-state index in [1.165, 1.54) is 16.8 Å². The smallest absolute Gasteiger partial charge is 0.253 e. The summed E-state index contributed by atoms with van der Waals surface area (Å²) in [7, 11) is 1.55. The van der Waals surface area contributed by atoms with Crippen LogP contribution in [0, 0.1) is 12.7 Å². The van der Waals surface area contributed by atoms with Crippen molar-refractivity contribution in [3.63, 3.8) is 0 Å². The number of benzene rings is 1. The third-order valence-corrected chi connectivity index (χ3v) is 3.88. The van der Waals surface area contributed by atoms with Crippen LogP contribution in [-0.4, -0.2) is 10.5 Å². The molecule has 0 atom stereocenters. The lowest BCUT2D eigenvalue weighted by Crippen LogP contribution is -2.26. The second-order valence-electron chi connectivity index (χ2n) is 4.84. The second kappa shape index (κ2) is 5.81. The number of amides is 1. The van der Waals surface area contributed by atoms with Crippen LogP contribution < -0.4 is 11.3 Å². The fourth-order valence-electron chi connectivity index (χ4n) is 2.22. The van der Waals surface area contributed by atoms with Gasteiger partial charge in [-0.2, -0.15) is 0 Å². The zero-order valence-corrected chi connectivity index (χ0v) is 13.2. The predicted molar refractivity (Wildman–Crippen MR) is 81.8 cm³/mol. The van der Waals surface area contributed by atoms with Crippen LogP contribution in [0.2, 0.25) is 0 Å². The van der Waals surface area contributed by atoms with Gasteiger partial charge >= 0.3 is 0 Å². The van der Waals surface area contributed by atoms with E-state index >= 15 is 0 Å². The minimum absolute atomic E-state index is 0.138. The van der Waals surface area contributed by atoms with Crippen LogP contribution in [0.1, 0.15) is 27.0 Å². The van der Waals surface area contributed by atoms with Gasteiger partial charge in [-0.1, -0.05) is 22.0 Å². The molecule has 0 saturated heterocycles. The molecule has 0 spiro atoms. The number of aryl methyl sites for hydroxylation is 1. The summed E-state index contributed by atoms with van der Waals surface area (Å²) >= 11 is 3.19. The van der Waals surface area contributed by atoms with Crippen LogP contribution in [-0.2, 0) is 13.5 Å². The van der Waals surface area contributed by atoms with Gasteiger partial charge in [0.15, 0.2) is 0 Å². The van der Waals surface area contributed by atoms with Crippen molar-refractivity contribution in [1.82, 2.24) is 4.57 Å². The van der Waals surface area contributed by atoms with Crippen molar-refractivity contribution in [2.75, 3.05) is 0 Å². The van der Waals surface area contributed by atoms with Gasteiger partial charge in [-0.05, 0) is 30.2 Å². The lowest BCUT2D eigenvalue weighted by molar-refractivity contribution is 0.0998. The van der Waals surface area contributed by atoms with Crippen LogP contribution in [0.5, 0.6) is 0 Å². The number of aromatic nitrogens is 1. The molecule has 1 aromatic heterocycles. The Hall–Kier alpha value is -1.95. The fourth-order valence-corrected chi connectivity index (χ4v) is 2.55. The van der Waals surface area contributed by atoms with E-state index in [0.29, 0.717) is 21.2 Å². The van der Waals surface area contributed by atoms with E-state index in [1.807, 2.05) is 0 Å². The zero-order valence-electron chi connectivity index (χ0n) is 11.6. The van der Waals surface area contributed by atoms with Crippen molar-refractivity contribution >= 4 is 21.8 Å². The van der Waals surface area contributed by atoms with E-state index in [9.17, 15) is 14.0 Å². The SMILES string of the molecule is Cc1c(Cc2ccc(Br)cc2F)c(C(N)=O)cn(C)c1=O. The first kappa shape index (κ1) is 15.4. The third kappa shape index (κ3) is 3.05. The minimum Gasteiger partial charge on any atom is -0.366 e. The summed E-state index contributed by atoms with van der Waals surface area (Å²) < 4.78 is 15.9. The van der Waals surface area contributed by atoms with Gasteiger partial charge in [0.2, 0.25) is 5.91 Å². The van der Waals surface area contributed by atoms with Gasteiger partial charge in [0.1, 0.15) is 5.82 Å². The third-order valence-electron chi connectivity index (χ3n) is 3.39. The monoisotopic (exact) mass is 352 g/mol. The summed E-state index contributed by atoms with van der Waals surface area (Å²) in [6, 6.07) is 4.66. The summed E-state index contributed by atoms with van der Waals surface area (Å²) in [5, 5.41) is 0. The lowest BCUT2D eigenvalue weighted by atomic mass is 9.96. The molecule has 2 N–H and O–H groups in total. The maximum absolute atomic E-state index is 14.0. The van der Waals surface area contributed by atoms with Gasteiger partial charge < -0.3 is 10.3 Å². The molecule has 1 aromatic carbocycles. The van der Waals surface area contributed by atoms with Crippen molar-refractivity contribution in [1.29, 1.82) is 0 Å². The molecule has 0 saturated carbocycles. The maximum Gasteiger partial charge on any atom is 0.253 e. The van der Waals surface area contributed by atoms with Crippen LogP contribution in [0.4, 0.5) is 4.39 Å². The highest BCUT2D eigenvalue weighted by atomic mass is 79.9. The average molecular weight is 353 g/mol. The van der Waals surface area contributed by atoms with E-state index in [1.54, 1.807) is 26.1 Å². The molecule has 0 aliphatic carbocycles. The number of rotatable bonds is 3. The van der Waals surface area contributed by atoms with Gasteiger partial charge in [-0.25, -0.2) is 4.39 Å².